The number of hydrogen-bond acceptors (Lipinski definition) is 4. The Morgan fingerprint density at radius 1 is 0.871 bits per heavy atom. The molecule has 0 saturated carbocycles. The van der Waals surface area contributed by atoms with Gasteiger partial charge in [-0.2, -0.15) is 4.31 Å². The number of rotatable bonds is 6. The lowest BCUT2D eigenvalue weighted by molar-refractivity contribution is 0.0951. The van der Waals surface area contributed by atoms with Crippen molar-refractivity contribution < 1.29 is 13.2 Å². The molecule has 31 heavy (non-hydrogen) atoms. The van der Waals surface area contributed by atoms with E-state index in [1.807, 2.05) is 31.3 Å². The summed E-state index contributed by atoms with van der Waals surface area (Å²) in [5.74, 6) is -0.225. The van der Waals surface area contributed by atoms with Gasteiger partial charge in [-0.3, -0.25) is 4.79 Å². The molecular formula is C24H27N3O3S. The fraction of sp³-hybridized carbons (Fsp3) is 0.292. The molecule has 1 heterocycles. The predicted octanol–water partition coefficient (Wildman–Crippen LogP) is 2.85. The van der Waals surface area contributed by atoms with E-state index in [0.717, 1.165) is 24.0 Å². The van der Waals surface area contributed by atoms with Crippen LogP contribution < -0.4 is 5.32 Å². The topological polar surface area (TPSA) is 69.7 Å². The number of fused-ring (bicyclic) bond motifs is 1. The first-order chi connectivity index (χ1) is 14.9. The summed E-state index contributed by atoms with van der Waals surface area (Å²) in [6.45, 7) is 2.97. The highest BCUT2D eigenvalue weighted by Gasteiger charge is 2.25. The molecule has 1 saturated heterocycles. The number of likely N-dealkylation sites (N-methyl/N-ethyl adjacent to an activating group) is 1. The quantitative estimate of drug-likeness (QED) is 0.644. The van der Waals surface area contributed by atoms with Gasteiger partial charge in [0.15, 0.2) is 0 Å². The first-order valence-corrected chi connectivity index (χ1v) is 12.0. The van der Waals surface area contributed by atoms with Crippen LogP contribution in [0.3, 0.4) is 0 Å². The minimum atomic E-state index is -3.35. The molecule has 1 aliphatic rings. The minimum absolute atomic E-state index is 0.0459. The van der Waals surface area contributed by atoms with Gasteiger partial charge in [0.05, 0.1) is 5.75 Å². The molecule has 1 aliphatic heterocycles. The van der Waals surface area contributed by atoms with Gasteiger partial charge in [0.1, 0.15) is 0 Å². The van der Waals surface area contributed by atoms with Crippen molar-refractivity contribution in [3.8, 4) is 0 Å². The van der Waals surface area contributed by atoms with Crippen molar-refractivity contribution >= 4 is 26.7 Å². The van der Waals surface area contributed by atoms with Crippen LogP contribution in [0.2, 0.25) is 0 Å². The Labute approximate surface area is 183 Å². The summed E-state index contributed by atoms with van der Waals surface area (Å²) in [5.41, 5.74) is 2.23. The van der Waals surface area contributed by atoms with E-state index in [9.17, 15) is 13.2 Å². The summed E-state index contributed by atoms with van der Waals surface area (Å²) in [4.78, 5) is 14.6. The number of benzene rings is 3. The number of nitrogens with one attached hydrogen (secondary N) is 1. The Hall–Kier alpha value is -2.74. The van der Waals surface area contributed by atoms with E-state index in [-0.39, 0.29) is 11.7 Å². The maximum Gasteiger partial charge on any atom is 0.251 e. The fourth-order valence-electron chi connectivity index (χ4n) is 3.75. The van der Waals surface area contributed by atoms with Crippen LogP contribution in [0, 0.1) is 0 Å². The van der Waals surface area contributed by atoms with Crippen LogP contribution in [0.25, 0.3) is 10.8 Å². The van der Waals surface area contributed by atoms with Crippen LogP contribution in [-0.4, -0.2) is 56.8 Å². The van der Waals surface area contributed by atoms with Gasteiger partial charge in [-0.1, -0.05) is 48.5 Å². The van der Waals surface area contributed by atoms with E-state index in [4.69, 9.17) is 0 Å². The molecule has 0 aromatic heterocycles. The van der Waals surface area contributed by atoms with Gasteiger partial charge in [-0.15, -0.1) is 0 Å². The number of piperazine rings is 1. The second-order valence-corrected chi connectivity index (χ2v) is 9.99. The van der Waals surface area contributed by atoms with Crippen LogP contribution in [0.5, 0.6) is 0 Å². The lowest BCUT2D eigenvalue weighted by Gasteiger charge is -2.31. The zero-order chi connectivity index (χ0) is 21.8. The van der Waals surface area contributed by atoms with Crippen molar-refractivity contribution in [3.63, 3.8) is 0 Å². The van der Waals surface area contributed by atoms with Gasteiger partial charge in [-0.25, -0.2) is 8.42 Å². The molecule has 1 amide bonds. The third-order valence-electron chi connectivity index (χ3n) is 5.69. The standard InChI is InChI=1S/C24H27N3O3S/c1-26-12-14-27(15-13-26)31(29,30)18-19-6-10-22(11-7-19)24(28)25-17-20-8-9-21-4-2-3-5-23(21)16-20/h2-11,16H,12-15,17-18H2,1H3,(H,25,28). The molecule has 0 spiro atoms. The maximum atomic E-state index is 12.7. The number of sulfonamides is 1. The van der Waals surface area contributed by atoms with Gasteiger partial charge < -0.3 is 10.2 Å². The Bertz CT molecular complexity index is 1170. The smallest absolute Gasteiger partial charge is 0.251 e. The second-order valence-electron chi connectivity index (χ2n) is 8.02. The van der Waals surface area contributed by atoms with Crippen molar-refractivity contribution in [2.45, 2.75) is 12.3 Å². The van der Waals surface area contributed by atoms with E-state index < -0.39 is 10.0 Å². The van der Waals surface area contributed by atoms with Crippen LogP contribution in [0.1, 0.15) is 21.5 Å². The summed E-state index contributed by atoms with van der Waals surface area (Å²) in [5, 5.41) is 5.24. The molecule has 0 radical (unpaired) electrons. The van der Waals surface area contributed by atoms with Crippen molar-refractivity contribution in [2.24, 2.45) is 0 Å². The lowest BCUT2D eigenvalue weighted by Crippen LogP contribution is -2.47. The first-order valence-electron chi connectivity index (χ1n) is 10.4. The van der Waals surface area contributed by atoms with Crippen LogP contribution in [0.15, 0.2) is 66.7 Å². The lowest BCUT2D eigenvalue weighted by atomic mass is 10.1. The number of hydrogen-bond donors (Lipinski definition) is 1. The number of amides is 1. The molecule has 6 nitrogen and oxygen atoms in total. The first kappa shape index (κ1) is 21.5. The van der Waals surface area contributed by atoms with Crippen LogP contribution in [0.4, 0.5) is 0 Å². The Morgan fingerprint density at radius 2 is 1.52 bits per heavy atom. The number of carbonyl (C=O) groups is 1. The SMILES string of the molecule is CN1CCN(S(=O)(=O)Cc2ccc(C(=O)NCc3ccc4ccccc4c3)cc2)CC1. The Morgan fingerprint density at radius 3 is 2.23 bits per heavy atom. The molecule has 3 aromatic rings. The monoisotopic (exact) mass is 437 g/mol. The van der Waals surface area contributed by atoms with Crippen molar-refractivity contribution in [1.29, 1.82) is 0 Å². The second kappa shape index (κ2) is 9.18. The molecule has 0 bridgehead atoms. The van der Waals surface area contributed by atoms with Gasteiger partial charge >= 0.3 is 0 Å². The fourth-order valence-corrected chi connectivity index (χ4v) is 5.27. The normalized spacial score (nSPS) is 15.8. The largest absolute Gasteiger partial charge is 0.348 e. The average Bonchev–Trinajstić information content (AvgIpc) is 2.78. The minimum Gasteiger partial charge on any atom is -0.348 e. The molecule has 1 fully saturated rings. The van der Waals surface area contributed by atoms with Crippen molar-refractivity contribution in [1.82, 2.24) is 14.5 Å². The molecule has 7 heteroatoms. The molecular weight excluding hydrogens is 410 g/mol. The highest BCUT2D eigenvalue weighted by molar-refractivity contribution is 7.88. The molecule has 0 unspecified atom stereocenters. The van der Waals surface area contributed by atoms with E-state index in [1.165, 1.54) is 5.39 Å². The average molecular weight is 438 g/mol. The molecule has 3 aromatic carbocycles. The number of carbonyl (C=O) groups excluding carboxylic acids is 1. The zero-order valence-electron chi connectivity index (χ0n) is 17.6. The summed E-state index contributed by atoms with van der Waals surface area (Å²) in [6, 6.07) is 21.0. The summed E-state index contributed by atoms with van der Waals surface area (Å²) >= 11 is 0. The van der Waals surface area contributed by atoms with Crippen LogP contribution >= 0.6 is 0 Å². The predicted molar refractivity (Wildman–Crippen MR) is 123 cm³/mol. The van der Waals surface area contributed by atoms with Crippen molar-refractivity contribution in [2.75, 3.05) is 33.2 Å². The molecule has 0 aliphatic carbocycles. The van der Waals surface area contributed by atoms with E-state index in [2.05, 4.69) is 28.4 Å². The van der Waals surface area contributed by atoms with Crippen molar-refractivity contribution in [3.05, 3.63) is 83.4 Å². The summed E-state index contributed by atoms with van der Waals surface area (Å²) in [6.07, 6.45) is 0. The van der Waals surface area contributed by atoms with E-state index in [0.29, 0.717) is 30.8 Å². The summed E-state index contributed by atoms with van der Waals surface area (Å²) < 4.78 is 26.9. The third kappa shape index (κ3) is 5.31. The highest BCUT2D eigenvalue weighted by atomic mass is 32.2. The maximum absolute atomic E-state index is 12.7. The molecule has 0 atom stereocenters. The Balaban J connectivity index is 1.35. The van der Waals surface area contributed by atoms with Gasteiger partial charge in [-0.05, 0) is 47.1 Å². The highest BCUT2D eigenvalue weighted by Crippen LogP contribution is 2.16. The zero-order valence-corrected chi connectivity index (χ0v) is 18.4. The summed E-state index contributed by atoms with van der Waals surface area (Å²) in [7, 11) is -1.36. The van der Waals surface area contributed by atoms with Gasteiger partial charge in [0, 0.05) is 38.3 Å². The molecule has 1 N–H and O–H groups in total. The van der Waals surface area contributed by atoms with Crippen LogP contribution in [-0.2, 0) is 22.3 Å². The van der Waals surface area contributed by atoms with Gasteiger partial charge in [0.2, 0.25) is 10.0 Å². The Kier molecular flexibility index (Phi) is 6.36. The van der Waals surface area contributed by atoms with E-state index in [1.54, 1.807) is 28.6 Å². The van der Waals surface area contributed by atoms with Gasteiger partial charge in [0.25, 0.3) is 5.91 Å². The van der Waals surface area contributed by atoms with E-state index >= 15 is 0 Å². The third-order valence-corrected chi connectivity index (χ3v) is 7.54. The molecule has 4 rings (SSSR count). The number of nitrogens with zero attached hydrogens (tertiary/aromatic N) is 2. The molecule has 162 valence electrons.